The Kier molecular flexibility index (Phi) is 5.52. The summed E-state index contributed by atoms with van der Waals surface area (Å²) in [5.41, 5.74) is 0.499. The molecule has 118 valence electrons. The Morgan fingerprint density at radius 1 is 0.957 bits per heavy atom. The maximum absolute atomic E-state index is 11.8. The molecule has 0 fully saturated rings. The summed E-state index contributed by atoms with van der Waals surface area (Å²) in [5.74, 6) is -1.11. The maximum Gasteiger partial charge on any atom is 0.343 e. The Morgan fingerprint density at radius 2 is 1.61 bits per heavy atom. The molecular weight excluding hydrogens is 296 g/mol. The van der Waals surface area contributed by atoms with Crippen LogP contribution in [0.15, 0.2) is 66.9 Å². The van der Waals surface area contributed by atoms with Crippen LogP contribution >= 0.6 is 0 Å². The standard InChI is InChI=1S/C18H16O5/c1-13(23-17(20)14-7-3-2-4-8-14)11-12-22-18(21)15-9-5-6-10-16(15)19/h2-10,19H,1,11-12H2. The van der Waals surface area contributed by atoms with Gasteiger partial charge in [-0.1, -0.05) is 36.9 Å². The first kappa shape index (κ1) is 16.3. The van der Waals surface area contributed by atoms with Crippen molar-refractivity contribution in [1.29, 1.82) is 0 Å². The number of hydrogen-bond acceptors (Lipinski definition) is 5. The van der Waals surface area contributed by atoms with E-state index in [0.29, 0.717) is 5.56 Å². The van der Waals surface area contributed by atoms with Crippen LogP contribution in [-0.4, -0.2) is 23.7 Å². The number of carbonyl (C=O) groups excluding carboxylic acids is 2. The van der Waals surface area contributed by atoms with Crippen molar-refractivity contribution >= 4 is 11.9 Å². The van der Waals surface area contributed by atoms with Crippen LogP contribution in [0.4, 0.5) is 0 Å². The molecule has 23 heavy (non-hydrogen) atoms. The van der Waals surface area contributed by atoms with Crippen molar-refractivity contribution in [3.63, 3.8) is 0 Å². The van der Waals surface area contributed by atoms with Crippen molar-refractivity contribution in [2.24, 2.45) is 0 Å². The first-order chi connectivity index (χ1) is 11.1. The van der Waals surface area contributed by atoms with E-state index < -0.39 is 11.9 Å². The number of para-hydroxylation sites is 1. The van der Waals surface area contributed by atoms with Crippen LogP contribution in [0, 0.1) is 0 Å². The molecule has 0 aliphatic rings. The maximum atomic E-state index is 11.8. The SMILES string of the molecule is C=C(CCOC(=O)c1ccccc1O)OC(=O)c1ccccc1. The van der Waals surface area contributed by atoms with Gasteiger partial charge in [0.2, 0.25) is 0 Å². The molecule has 2 rings (SSSR count). The van der Waals surface area contributed by atoms with Crippen LogP contribution < -0.4 is 0 Å². The highest BCUT2D eigenvalue weighted by Gasteiger charge is 2.13. The number of esters is 2. The zero-order valence-electron chi connectivity index (χ0n) is 12.4. The summed E-state index contributed by atoms with van der Waals surface area (Å²) in [6, 6.07) is 14.6. The number of ether oxygens (including phenoxy) is 2. The van der Waals surface area contributed by atoms with Crippen LogP contribution in [0.3, 0.4) is 0 Å². The minimum Gasteiger partial charge on any atom is -0.507 e. The Labute approximate surface area is 133 Å². The molecule has 0 saturated carbocycles. The minimum atomic E-state index is -0.648. The van der Waals surface area contributed by atoms with E-state index in [1.165, 1.54) is 12.1 Å². The number of aromatic hydroxyl groups is 1. The minimum absolute atomic E-state index is 0.00588. The molecule has 2 aromatic carbocycles. The third-order valence-corrected chi connectivity index (χ3v) is 2.98. The molecule has 0 atom stereocenters. The first-order valence-corrected chi connectivity index (χ1v) is 6.98. The summed E-state index contributed by atoms with van der Waals surface area (Å²) in [4.78, 5) is 23.6. The van der Waals surface area contributed by atoms with Gasteiger partial charge in [-0.05, 0) is 24.3 Å². The van der Waals surface area contributed by atoms with Gasteiger partial charge in [-0.15, -0.1) is 0 Å². The molecule has 0 spiro atoms. The lowest BCUT2D eigenvalue weighted by Crippen LogP contribution is -2.09. The number of phenolic OH excluding ortho intramolecular Hbond substituents is 1. The molecule has 2 aromatic rings. The lowest BCUT2D eigenvalue weighted by molar-refractivity contribution is 0.0474. The van der Waals surface area contributed by atoms with Crippen LogP contribution in [0.5, 0.6) is 5.75 Å². The smallest absolute Gasteiger partial charge is 0.343 e. The van der Waals surface area contributed by atoms with Gasteiger partial charge in [0.15, 0.2) is 0 Å². The van der Waals surface area contributed by atoms with Gasteiger partial charge in [0, 0.05) is 6.42 Å². The summed E-state index contributed by atoms with van der Waals surface area (Å²) in [7, 11) is 0. The largest absolute Gasteiger partial charge is 0.507 e. The van der Waals surface area contributed by atoms with Crippen LogP contribution in [0.1, 0.15) is 27.1 Å². The lowest BCUT2D eigenvalue weighted by Gasteiger charge is -2.09. The predicted molar refractivity (Wildman–Crippen MR) is 84.0 cm³/mol. The number of phenols is 1. The number of rotatable bonds is 6. The second kappa shape index (κ2) is 7.79. The quantitative estimate of drug-likeness (QED) is 0.654. The van der Waals surface area contributed by atoms with Crippen molar-refractivity contribution in [2.45, 2.75) is 6.42 Å². The Balaban J connectivity index is 1.78. The average Bonchev–Trinajstić information content (AvgIpc) is 2.56. The molecule has 0 radical (unpaired) electrons. The van der Waals surface area contributed by atoms with Gasteiger partial charge in [-0.3, -0.25) is 0 Å². The van der Waals surface area contributed by atoms with Crippen molar-refractivity contribution < 1.29 is 24.2 Å². The second-order valence-electron chi connectivity index (χ2n) is 4.70. The van der Waals surface area contributed by atoms with E-state index in [4.69, 9.17) is 9.47 Å². The summed E-state index contributed by atoms with van der Waals surface area (Å²) >= 11 is 0. The molecular formula is C18H16O5. The van der Waals surface area contributed by atoms with Gasteiger partial charge in [-0.25, -0.2) is 9.59 Å². The van der Waals surface area contributed by atoms with Crippen molar-refractivity contribution in [3.8, 4) is 5.75 Å². The highest BCUT2D eigenvalue weighted by Crippen LogP contribution is 2.17. The van der Waals surface area contributed by atoms with Gasteiger partial charge in [-0.2, -0.15) is 0 Å². The normalized spacial score (nSPS) is 9.91. The Morgan fingerprint density at radius 3 is 2.30 bits per heavy atom. The van der Waals surface area contributed by atoms with Gasteiger partial charge in [0.25, 0.3) is 0 Å². The predicted octanol–water partition coefficient (Wildman–Crippen LogP) is 3.31. The molecule has 0 unspecified atom stereocenters. The molecule has 0 heterocycles. The fourth-order valence-electron chi connectivity index (χ4n) is 1.80. The summed E-state index contributed by atoms with van der Waals surface area (Å²) in [6.07, 6.45) is 0.178. The van der Waals surface area contributed by atoms with E-state index in [9.17, 15) is 14.7 Å². The molecule has 1 N–H and O–H groups in total. The zero-order chi connectivity index (χ0) is 16.7. The van der Waals surface area contributed by atoms with Crippen LogP contribution in [0.2, 0.25) is 0 Å². The van der Waals surface area contributed by atoms with E-state index in [2.05, 4.69) is 6.58 Å². The van der Waals surface area contributed by atoms with Crippen molar-refractivity contribution in [2.75, 3.05) is 6.61 Å². The Hall–Kier alpha value is -3.08. The summed E-state index contributed by atoms with van der Waals surface area (Å²) < 4.78 is 10.1. The van der Waals surface area contributed by atoms with E-state index in [-0.39, 0.29) is 30.1 Å². The molecule has 5 heteroatoms. The monoisotopic (exact) mass is 312 g/mol. The molecule has 0 saturated heterocycles. The lowest BCUT2D eigenvalue weighted by atomic mass is 10.2. The highest BCUT2D eigenvalue weighted by atomic mass is 16.5. The third kappa shape index (κ3) is 4.71. The molecule has 0 amide bonds. The van der Waals surface area contributed by atoms with E-state index in [1.54, 1.807) is 42.5 Å². The van der Waals surface area contributed by atoms with E-state index >= 15 is 0 Å². The molecule has 0 aliphatic carbocycles. The second-order valence-corrected chi connectivity index (χ2v) is 4.70. The van der Waals surface area contributed by atoms with E-state index in [1.807, 2.05) is 0 Å². The third-order valence-electron chi connectivity index (χ3n) is 2.98. The fourth-order valence-corrected chi connectivity index (χ4v) is 1.80. The molecule has 0 bridgehead atoms. The highest BCUT2D eigenvalue weighted by molar-refractivity contribution is 5.92. The topological polar surface area (TPSA) is 72.8 Å². The first-order valence-electron chi connectivity index (χ1n) is 6.98. The van der Waals surface area contributed by atoms with Gasteiger partial charge >= 0.3 is 11.9 Å². The average molecular weight is 312 g/mol. The Bertz CT molecular complexity index is 706. The molecule has 0 aromatic heterocycles. The summed E-state index contributed by atoms with van der Waals surface area (Å²) in [6.45, 7) is 3.62. The van der Waals surface area contributed by atoms with Gasteiger partial charge < -0.3 is 14.6 Å². The van der Waals surface area contributed by atoms with Crippen molar-refractivity contribution in [1.82, 2.24) is 0 Å². The molecule has 5 nitrogen and oxygen atoms in total. The zero-order valence-corrected chi connectivity index (χ0v) is 12.4. The van der Waals surface area contributed by atoms with Gasteiger partial charge in [0.1, 0.15) is 17.1 Å². The molecule has 0 aliphatic heterocycles. The number of carbonyl (C=O) groups is 2. The fraction of sp³-hybridized carbons (Fsp3) is 0.111. The number of benzene rings is 2. The number of hydrogen-bond donors (Lipinski definition) is 1. The van der Waals surface area contributed by atoms with Crippen molar-refractivity contribution in [3.05, 3.63) is 78.1 Å². The van der Waals surface area contributed by atoms with E-state index in [0.717, 1.165) is 0 Å². The summed E-state index contributed by atoms with van der Waals surface area (Å²) in [5, 5.41) is 9.55. The van der Waals surface area contributed by atoms with Crippen LogP contribution in [-0.2, 0) is 9.47 Å². The van der Waals surface area contributed by atoms with Gasteiger partial charge in [0.05, 0.1) is 12.2 Å². The van der Waals surface area contributed by atoms with Crippen LogP contribution in [0.25, 0.3) is 0 Å².